The van der Waals surface area contributed by atoms with Gasteiger partial charge in [0.2, 0.25) is 0 Å². The molecule has 0 saturated carbocycles. The van der Waals surface area contributed by atoms with Crippen LogP contribution in [0.5, 0.6) is 5.75 Å². The van der Waals surface area contributed by atoms with Crippen LogP contribution in [-0.2, 0) is 6.61 Å². The summed E-state index contributed by atoms with van der Waals surface area (Å²) in [6, 6.07) is 2.52. The Morgan fingerprint density at radius 1 is 1.08 bits per heavy atom. The standard InChI is InChI=1S/C24H18ClF5N6O2/c1-11-8-33-16(15-3-4-32-22(35-15)21(31)24(28,29)30)7-18(11)36-12(2)5-19(20(25)23(36)37)38-10-17-14(27)6-13(26)9-34-17/h3-9,21H,10,31H2,1-2H3. The number of hydrogen-bond acceptors (Lipinski definition) is 7. The lowest BCUT2D eigenvalue weighted by atomic mass is 10.1. The van der Waals surface area contributed by atoms with Crippen LogP contribution in [0.1, 0.15) is 28.8 Å². The minimum Gasteiger partial charge on any atom is -0.485 e. The molecule has 4 aromatic heterocycles. The molecule has 0 bridgehead atoms. The molecule has 0 fully saturated rings. The van der Waals surface area contributed by atoms with Gasteiger partial charge in [-0.15, -0.1) is 0 Å². The van der Waals surface area contributed by atoms with E-state index >= 15 is 0 Å². The van der Waals surface area contributed by atoms with Gasteiger partial charge in [-0.2, -0.15) is 13.2 Å². The van der Waals surface area contributed by atoms with Gasteiger partial charge in [-0.1, -0.05) is 11.6 Å². The van der Waals surface area contributed by atoms with Gasteiger partial charge in [0, 0.05) is 30.2 Å². The first kappa shape index (κ1) is 27.1. The number of nitrogens with two attached hydrogens (primary N) is 1. The number of aromatic nitrogens is 5. The Kier molecular flexibility index (Phi) is 7.42. The lowest BCUT2D eigenvalue weighted by molar-refractivity contribution is -0.150. The predicted octanol–water partition coefficient (Wildman–Crippen LogP) is 4.77. The highest BCUT2D eigenvalue weighted by Gasteiger charge is 2.40. The average molecular weight is 553 g/mol. The first-order chi connectivity index (χ1) is 17.9. The van der Waals surface area contributed by atoms with Crippen LogP contribution in [0.15, 0.2) is 47.7 Å². The van der Waals surface area contributed by atoms with E-state index in [0.29, 0.717) is 23.0 Å². The fourth-order valence-electron chi connectivity index (χ4n) is 3.49. The van der Waals surface area contributed by atoms with Crippen molar-refractivity contribution in [2.75, 3.05) is 0 Å². The monoisotopic (exact) mass is 552 g/mol. The molecule has 0 aliphatic heterocycles. The van der Waals surface area contributed by atoms with E-state index < -0.39 is 41.8 Å². The highest BCUT2D eigenvalue weighted by Crippen LogP contribution is 2.30. The molecule has 4 heterocycles. The Bertz CT molecular complexity index is 1580. The maximum absolute atomic E-state index is 13.9. The van der Waals surface area contributed by atoms with Gasteiger partial charge in [-0.3, -0.25) is 19.3 Å². The van der Waals surface area contributed by atoms with Gasteiger partial charge < -0.3 is 10.5 Å². The normalized spacial score (nSPS) is 12.4. The molecule has 0 aliphatic rings. The van der Waals surface area contributed by atoms with E-state index in [9.17, 15) is 26.7 Å². The van der Waals surface area contributed by atoms with Crippen molar-refractivity contribution in [3.8, 4) is 22.8 Å². The molecule has 0 aliphatic carbocycles. The van der Waals surface area contributed by atoms with Crippen molar-refractivity contribution in [2.24, 2.45) is 5.73 Å². The van der Waals surface area contributed by atoms with Crippen molar-refractivity contribution in [2.45, 2.75) is 32.7 Å². The third-order valence-electron chi connectivity index (χ3n) is 5.43. The first-order valence-corrected chi connectivity index (χ1v) is 11.2. The highest BCUT2D eigenvalue weighted by molar-refractivity contribution is 6.31. The molecule has 1 atom stereocenters. The Labute approximate surface area is 216 Å². The van der Waals surface area contributed by atoms with Crippen molar-refractivity contribution in [1.82, 2.24) is 24.5 Å². The van der Waals surface area contributed by atoms with E-state index in [1.807, 2.05) is 0 Å². The van der Waals surface area contributed by atoms with Gasteiger partial charge in [-0.25, -0.2) is 18.7 Å². The zero-order valence-electron chi connectivity index (χ0n) is 19.7. The minimum atomic E-state index is -4.74. The lowest BCUT2D eigenvalue weighted by Gasteiger charge is -2.17. The summed E-state index contributed by atoms with van der Waals surface area (Å²) in [6.07, 6.45) is -1.37. The molecular weight excluding hydrogens is 535 g/mol. The summed E-state index contributed by atoms with van der Waals surface area (Å²) in [7, 11) is 0. The summed E-state index contributed by atoms with van der Waals surface area (Å²) in [5, 5.41) is -0.323. The van der Waals surface area contributed by atoms with Crippen LogP contribution in [0.2, 0.25) is 5.02 Å². The molecule has 0 spiro atoms. The predicted molar refractivity (Wildman–Crippen MR) is 127 cm³/mol. The first-order valence-electron chi connectivity index (χ1n) is 10.8. The molecule has 198 valence electrons. The van der Waals surface area contributed by atoms with Crippen LogP contribution < -0.4 is 16.0 Å². The molecule has 2 N–H and O–H groups in total. The SMILES string of the molecule is Cc1cnc(-c2ccnc(C(N)C(F)(F)F)n2)cc1-n1c(C)cc(OCc2ncc(F)cc2F)c(Cl)c1=O. The quantitative estimate of drug-likeness (QED) is 0.343. The number of rotatable bonds is 6. The van der Waals surface area contributed by atoms with Crippen LogP contribution in [0, 0.1) is 25.5 Å². The van der Waals surface area contributed by atoms with Gasteiger partial charge in [0.25, 0.3) is 5.56 Å². The van der Waals surface area contributed by atoms with Crippen molar-refractivity contribution < 1.29 is 26.7 Å². The lowest BCUT2D eigenvalue weighted by Crippen LogP contribution is -2.30. The van der Waals surface area contributed by atoms with Crippen molar-refractivity contribution in [3.63, 3.8) is 0 Å². The maximum atomic E-state index is 13.9. The van der Waals surface area contributed by atoms with Crippen molar-refractivity contribution in [1.29, 1.82) is 0 Å². The molecule has 0 aromatic carbocycles. The zero-order chi connectivity index (χ0) is 27.8. The number of hydrogen-bond donors (Lipinski definition) is 1. The summed E-state index contributed by atoms with van der Waals surface area (Å²) in [4.78, 5) is 28.6. The molecule has 4 rings (SSSR count). The molecule has 4 aromatic rings. The van der Waals surface area contributed by atoms with Crippen molar-refractivity contribution in [3.05, 3.63) is 92.6 Å². The largest absolute Gasteiger partial charge is 0.485 e. The fraction of sp³-hybridized carbons (Fsp3) is 0.208. The van der Waals surface area contributed by atoms with E-state index in [1.54, 1.807) is 13.8 Å². The average Bonchev–Trinajstić information content (AvgIpc) is 2.86. The van der Waals surface area contributed by atoms with Gasteiger partial charge in [0.15, 0.2) is 17.7 Å². The summed E-state index contributed by atoms with van der Waals surface area (Å²) in [5.74, 6) is -2.46. The van der Waals surface area contributed by atoms with Crippen LogP contribution in [0.25, 0.3) is 17.1 Å². The third-order valence-corrected chi connectivity index (χ3v) is 5.78. The number of nitrogens with zero attached hydrogens (tertiary/aromatic N) is 5. The Hall–Kier alpha value is -3.97. The van der Waals surface area contributed by atoms with Crippen molar-refractivity contribution >= 4 is 11.6 Å². The maximum Gasteiger partial charge on any atom is 0.410 e. The molecule has 8 nitrogen and oxygen atoms in total. The highest BCUT2D eigenvalue weighted by atomic mass is 35.5. The van der Waals surface area contributed by atoms with Crippen LogP contribution >= 0.6 is 11.6 Å². The second-order valence-corrected chi connectivity index (χ2v) is 8.53. The van der Waals surface area contributed by atoms with Gasteiger partial charge in [0.05, 0.1) is 23.3 Å². The fourth-order valence-corrected chi connectivity index (χ4v) is 3.68. The second-order valence-electron chi connectivity index (χ2n) is 8.15. The van der Waals surface area contributed by atoms with E-state index in [1.165, 1.54) is 29.0 Å². The van der Waals surface area contributed by atoms with Gasteiger partial charge >= 0.3 is 6.18 Å². The molecular formula is C24H18ClF5N6O2. The van der Waals surface area contributed by atoms with E-state index in [4.69, 9.17) is 22.1 Å². The van der Waals surface area contributed by atoms with E-state index in [-0.39, 0.29) is 27.9 Å². The van der Waals surface area contributed by atoms with Crippen LogP contribution in [-0.4, -0.2) is 30.7 Å². The summed E-state index contributed by atoms with van der Waals surface area (Å²) >= 11 is 6.27. The number of pyridine rings is 3. The van der Waals surface area contributed by atoms with E-state index in [2.05, 4.69) is 19.9 Å². The van der Waals surface area contributed by atoms with Gasteiger partial charge in [0.1, 0.15) is 28.9 Å². The third kappa shape index (κ3) is 5.48. The number of halogens is 6. The van der Waals surface area contributed by atoms with E-state index in [0.717, 1.165) is 12.4 Å². The molecule has 1 unspecified atom stereocenters. The summed E-state index contributed by atoms with van der Waals surface area (Å²) < 4.78 is 72.8. The molecule has 0 radical (unpaired) electrons. The smallest absolute Gasteiger partial charge is 0.410 e. The number of aryl methyl sites for hydroxylation is 2. The molecule has 14 heteroatoms. The molecule has 0 saturated heterocycles. The van der Waals surface area contributed by atoms with Crippen LogP contribution in [0.4, 0.5) is 22.0 Å². The summed E-state index contributed by atoms with van der Waals surface area (Å²) in [6.45, 7) is 2.85. The summed E-state index contributed by atoms with van der Waals surface area (Å²) in [5.41, 5.74) is 5.81. The molecule has 38 heavy (non-hydrogen) atoms. The van der Waals surface area contributed by atoms with Gasteiger partial charge in [-0.05, 0) is 31.5 Å². The Morgan fingerprint density at radius 2 is 1.82 bits per heavy atom. The Balaban J connectivity index is 1.70. The minimum absolute atomic E-state index is 0.0514. The second kappa shape index (κ2) is 10.4. The molecule has 0 amide bonds. The zero-order valence-corrected chi connectivity index (χ0v) is 20.5. The van der Waals surface area contributed by atoms with Crippen LogP contribution in [0.3, 0.4) is 0 Å². The number of alkyl halides is 3. The number of ether oxygens (including phenoxy) is 1. The topological polar surface area (TPSA) is 109 Å². The Morgan fingerprint density at radius 3 is 2.50 bits per heavy atom.